The summed E-state index contributed by atoms with van der Waals surface area (Å²) in [7, 11) is 0. The van der Waals surface area contributed by atoms with E-state index in [0.29, 0.717) is 32.6 Å². The number of carboxylic acids is 1. The van der Waals surface area contributed by atoms with E-state index in [4.69, 9.17) is 10.8 Å². The Hall–Kier alpha value is -1.92. The summed E-state index contributed by atoms with van der Waals surface area (Å²) in [6.45, 7) is 2.26. The second kappa shape index (κ2) is 7.19. The number of amides is 1. The third-order valence-electron chi connectivity index (χ3n) is 3.66. The molecule has 0 bridgehead atoms. The van der Waals surface area contributed by atoms with Gasteiger partial charge in [0, 0.05) is 26.2 Å². The van der Waals surface area contributed by atoms with Gasteiger partial charge in [0.15, 0.2) is 0 Å². The van der Waals surface area contributed by atoms with E-state index >= 15 is 0 Å². The SMILES string of the molecule is N[C@H](Cc1ccccc1)C(=O)N1CCN(CC(=O)O)CC1. The van der Waals surface area contributed by atoms with Crippen molar-refractivity contribution in [3.05, 3.63) is 35.9 Å². The first-order valence-electron chi connectivity index (χ1n) is 7.08. The van der Waals surface area contributed by atoms with Crippen LogP contribution < -0.4 is 5.73 Å². The monoisotopic (exact) mass is 291 g/mol. The topological polar surface area (TPSA) is 86.9 Å². The molecule has 6 nitrogen and oxygen atoms in total. The highest BCUT2D eigenvalue weighted by Crippen LogP contribution is 2.07. The minimum Gasteiger partial charge on any atom is -0.480 e. The van der Waals surface area contributed by atoms with Crippen LogP contribution in [0, 0.1) is 0 Å². The number of nitrogens with two attached hydrogens (primary N) is 1. The molecule has 1 fully saturated rings. The van der Waals surface area contributed by atoms with Gasteiger partial charge in [0.05, 0.1) is 12.6 Å². The summed E-state index contributed by atoms with van der Waals surface area (Å²) in [5.41, 5.74) is 7.04. The lowest BCUT2D eigenvalue weighted by atomic mass is 10.1. The molecule has 6 heteroatoms. The van der Waals surface area contributed by atoms with Crippen molar-refractivity contribution in [3.63, 3.8) is 0 Å². The standard InChI is InChI=1S/C15H21N3O3/c16-13(10-12-4-2-1-3-5-12)15(21)18-8-6-17(7-9-18)11-14(19)20/h1-5,13H,6-11,16H2,(H,19,20)/t13-/m1/s1. The van der Waals surface area contributed by atoms with Gasteiger partial charge in [0.25, 0.3) is 0 Å². The van der Waals surface area contributed by atoms with Gasteiger partial charge in [-0.1, -0.05) is 30.3 Å². The van der Waals surface area contributed by atoms with E-state index in [1.807, 2.05) is 35.2 Å². The van der Waals surface area contributed by atoms with Crippen LogP contribution >= 0.6 is 0 Å². The molecule has 1 heterocycles. The van der Waals surface area contributed by atoms with Crippen molar-refractivity contribution >= 4 is 11.9 Å². The summed E-state index contributed by atoms with van der Waals surface area (Å²) >= 11 is 0. The van der Waals surface area contributed by atoms with E-state index in [0.717, 1.165) is 5.56 Å². The zero-order chi connectivity index (χ0) is 15.2. The molecule has 1 aromatic carbocycles. The summed E-state index contributed by atoms with van der Waals surface area (Å²) in [5, 5.41) is 8.75. The Bertz CT molecular complexity index is 484. The number of hydrogen-bond donors (Lipinski definition) is 2. The molecule has 1 aliphatic rings. The van der Waals surface area contributed by atoms with Crippen LogP contribution in [0.3, 0.4) is 0 Å². The second-order valence-electron chi connectivity index (χ2n) is 5.29. The highest BCUT2D eigenvalue weighted by molar-refractivity contribution is 5.82. The normalized spacial score (nSPS) is 17.5. The first kappa shape index (κ1) is 15.5. The lowest BCUT2D eigenvalue weighted by molar-refractivity contribution is -0.139. The maximum atomic E-state index is 12.3. The smallest absolute Gasteiger partial charge is 0.317 e. The van der Waals surface area contributed by atoms with Crippen LogP contribution in [0.1, 0.15) is 5.56 Å². The summed E-state index contributed by atoms with van der Waals surface area (Å²) in [6, 6.07) is 9.15. The second-order valence-corrected chi connectivity index (χ2v) is 5.29. The van der Waals surface area contributed by atoms with Gasteiger partial charge in [-0.15, -0.1) is 0 Å². The van der Waals surface area contributed by atoms with Gasteiger partial charge in [0.2, 0.25) is 5.91 Å². The highest BCUT2D eigenvalue weighted by atomic mass is 16.4. The molecule has 114 valence electrons. The third kappa shape index (κ3) is 4.54. The minimum absolute atomic E-state index is 0.0259. The largest absolute Gasteiger partial charge is 0.480 e. The lowest BCUT2D eigenvalue weighted by Gasteiger charge is -2.35. The molecule has 3 N–H and O–H groups in total. The number of hydrogen-bond acceptors (Lipinski definition) is 4. The summed E-state index contributed by atoms with van der Waals surface area (Å²) in [4.78, 5) is 26.5. The molecular weight excluding hydrogens is 270 g/mol. The predicted molar refractivity (Wildman–Crippen MR) is 78.8 cm³/mol. The quantitative estimate of drug-likeness (QED) is 0.783. The van der Waals surface area contributed by atoms with Gasteiger partial charge < -0.3 is 15.7 Å². The Labute approximate surface area is 124 Å². The van der Waals surface area contributed by atoms with Crippen LogP contribution in [0.25, 0.3) is 0 Å². The number of carbonyl (C=O) groups is 2. The third-order valence-corrected chi connectivity index (χ3v) is 3.66. The van der Waals surface area contributed by atoms with Crippen molar-refractivity contribution in [3.8, 4) is 0 Å². The summed E-state index contributed by atoms with van der Waals surface area (Å²) in [5.74, 6) is -0.899. The molecule has 2 rings (SSSR count). The van der Waals surface area contributed by atoms with Crippen molar-refractivity contribution in [2.24, 2.45) is 5.73 Å². The van der Waals surface area contributed by atoms with Crippen molar-refractivity contribution in [2.75, 3.05) is 32.7 Å². The van der Waals surface area contributed by atoms with Crippen molar-refractivity contribution < 1.29 is 14.7 Å². The van der Waals surface area contributed by atoms with Gasteiger partial charge in [-0.25, -0.2) is 0 Å². The Morgan fingerprint density at radius 2 is 1.76 bits per heavy atom. The van der Waals surface area contributed by atoms with Crippen LogP contribution in [-0.2, 0) is 16.0 Å². The van der Waals surface area contributed by atoms with Gasteiger partial charge in [0.1, 0.15) is 0 Å². The first-order valence-corrected chi connectivity index (χ1v) is 7.08. The molecule has 0 saturated carbocycles. The molecule has 0 aromatic heterocycles. The maximum absolute atomic E-state index is 12.3. The summed E-state index contributed by atoms with van der Waals surface area (Å²) in [6.07, 6.45) is 0.523. The van der Waals surface area contributed by atoms with Crippen LogP contribution in [0.2, 0.25) is 0 Å². The van der Waals surface area contributed by atoms with Crippen LogP contribution in [-0.4, -0.2) is 65.5 Å². The van der Waals surface area contributed by atoms with Crippen molar-refractivity contribution in [2.45, 2.75) is 12.5 Å². The van der Waals surface area contributed by atoms with E-state index in [1.165, 1.54) is 0 Å². The van der Waals surface area contributed by atoms with Crippen LogP contribution in [0.4, 0.5) is 0 Å². The predicted octanol–water partition coefficient (Wildman–Crippen LogP) is -0.215. The molecule has 1 saturated heterocycles. The molecule has 0 aliphatic carbocycles. The Morgan fingerprint density at radius 3 is 2.33 bits per heavy atom. The molecule has 0 radical (unpaired) electrons. The zero-order valence-corrected chi connectivity index (χ0v) is 11.9. The van der Waals surface area contributed by atoms with E-state index in [-0.39, 0.29) is 12.5 Å². The average Bonchev–Trinajstić information content (AvgIpc) is 2.47. The van der Waals surface area contributed by atoms with E-state index in [1.54, 1.807) is 4.90 Å². The average molecular weight is 291 g/mol. The number of aliphatic carboxylic acids is 1. The van der Waals surface area contributed by atoms with Crippen molar-refractivity contribution in [1.82, 2.24) is 9.80 Å². The lowest BCUT2D eigenvalue weighted by Crippen LogP contribution is -2.54. The molecule has 21 heavy (non-hydrogen) atoms. The molecule has 1 amide bonds. The van der Waals surface area contributed by atoms with E-state index < -0.39 is 12.0 Å². The number of piperazine rings is 1. The number of rotatable bonds is 5. The Balaban J connectivity index is 1.82. The molecule has 0 unspecified atom stereocenters. The number of carbonyl (C=O) groups excluding carboxylic acids is 1. The highest BCUT2D eigenvalue weighted by Gasteiger charge is 2.25. The molecule has 1 atom stereocenters. The van der Waals surface area contributed by atoms with Crippen LogP contribution in [0.15, 0.2) is 30.3 Å². The summed E-state index contributed by atoms with van der Waals surface area (Å²) < 4.78 is 0. The van der Waals surface area contributed by atoms with E-state index in [9.17, 15) is 9.59 Å². The van der Waals surface area contributed by atoms with Gasteiger partial charge in [-0.05, 0) is 12.0 Å². The van der Waals surface area contributed by atoms with Gasteiger partial charge >= 0.3 is 5.97 Å². The number of benzene rings is 1. The number of carboxylic acid groups (broad SMARTS) is 1. The van der Waals surface area contributed by atoms with Gasteiger partial charge in [-0.3, -0.25) is 14.5 Å². The fourth-order valence-corrected chi connectivity index (χ4v) is 2.51. The fourth-order valence-electron chi connectivity index (χ4n) is 2.51. The fraction of sp³-hybridized carbons (Fsp3) is 0.467. The van der Waals surface area contributed by atoms with E-state index in [2.05, 4.69) is 0 Å². The first-order chi connectivity index (χ1) is 10.1. The maximum Gasteiger partial charge on any atom is 0.317 e. The van der Waals surface area contributed by atoms with Crippen molar-refractivity contribution in [1.29, 1.82) is 0 Å². The Morgan fingerprint density at radius 1 is 1.14 bits per heavy atom. The molecular formula is C15H21N3O3. The number of nitrogens with zero attached hydrogens (tertiary/aromatic N) is 2. The zero-order valence-electron chi connectivity index (χ0n) is 11.9. The van der Waals surface area contributed by atoms with Crippen LogP contribution in [0.5, 0.6) is 0 Å². The molecule has 1 aliphatic heterocycles. The Kier molecular flexibility index (Phi) is 5.30. The minimum atomic E-state index is -0.837. The van der Waals surface area contributed by atoms with Gasteiger partial charge in [-0.2, -0.15) is 0 Å². The molecule has 1 aromatic rings. The molecule has 0 spiro atoms.